The zero-order valence-corrected chi connectivity index (χ0v) is 19.6. The molecule has 1 N–H and O–H groups in total. The van der Waals surface area contributed by atoms with E-state index >= 15 is 0 Å². The summed E-state index contributed by atoms with van der Waals surface area (Å²) in [4.78, 5) is 48.7. The molecule has 2 aliphatic rings. The summed E-state index contributed by atoms with van der Waals surface area (Å²) in [5.74, 6) is 0.00308. The van der Waals surface area contributed by atoms with E-state index < -0.39 is 11.8 Å². The number of aromatic nitrogens is 2. The van der Waals surface area contributed by atoms with Gasteiger partial charge in [0.2, 0.25) is 6.79 Å². The van der Waals surface area contributed by atoms with Gasteiger partial charge in [-0.3, -0.25) is 24.3 Å². The molecule has 178 valence electrons. The molecule has 0 aliphatic carbocycles. The van der Waals surface area contributed by atoms with Crippen LogP contribution < -0.4 is 14.8 Å². The standard InChI is InChI=1S/C26H18N4O5S/c31-23(28-11-17-13-36-24(29-17)20-3-1-2-8-27-20)16-5-6-18-19(10-16)26(33)30(25(18)32)12-15-4-7-21-22(9-15)35-14-34-21/h1-10,13H,11-12,14H2,(H,28,31). The quantitative estimate of drug-likeness (QED) is 0.404. The molecule has 4 heterocycles. The number of carbonyl (C=O) groups is 3. The van der Waals surface area contributed by atoms with Gasteiger partial charge in [0.25, 0.3) is 17.7 Å². The number of imide groups is 1. The SMILES string of the molecule is O=C(NCc1csc(-c2ccccn2)n1)c1ccc2c(c1)C(=O)N(Cc1ccc3c(c1)OCO3)C2=O. The van der Waals surface area contributed by atoms with Crippen molar-refractivity contribution in [3.63, 3.8) is 0 Å². The molecule has 0 saturated carbocycles. The second-order valence-corrected chi connectivity index (χ2v) is 9.04. The fourth-order valence-electron chi connectivity index (χ4n) is 4.07. The average molecular weight is 499 g/mol. The van der Waals surface area contributed by atoms with Gasteiger partial charge < -0.3 is 14.8 Å². The van der Waals surface area contributed by atoms with Crippen LogP contribution in [-0.2, 0) is 13.1 Å². The first kappa shape index (κ1) is 21.9. The lowest BCUT2D eigenvalue weighted by atomic mass is 10.1. The van der Waals surface area contributed by atoms with E-state index in [0.29, 0.717) is 22.8 Å². The smallest absolute Gasteiger partial charge is 0.261 e. The number of rotatable bonds is 6. The number of benzene rings is 2. The molecular formula is C26H18N4O5S. The molecule has 0 fully saturated rings. The van der Waals surface area contributed by atoms with E-state index in [2.05, 4.69) is 15.3 Å². The van der Waals surface area contributed by atoms with Gasteiger partial charge in [-0.1, -0.05) is 12.1 Å². The number of nitrogens with zero attached hydrogens (tertiary/aromatic N) is 3. The summed E-state index contributed by atoms with van der Waals surface area (Å²) < 4.78 is 10.7. The molecule has 2 aliphatic heterocycles. The molecule has 0 bridgehead atoms. The number of amides is 3. The predicted molar refractivity (Wildman–Crippen MR) is 130 cm³/mol. The maximum absolute atomic E-state index is 13.0. The van der Waals surface area contributed by atoms with Crippen LogP contribution >= 0.6 is 11.3 Å². The van der Waals surface area contributed by atoms with Gasteiger partial charge in [0.05, 0.1) is 35.6 Å². The summed E-state index contributed by atoms with van der Waals surface area (Å²) in [6.45, 7) is 0.458. The molecule has 3 amide bonds. The third kappa shape index (κ3) is 3.97. The molecule has 0 atom stereocenters. The van der Waals surface area contributed by atoms with Gasteiger partial charge in [-0.2, -0.15) is 0 Å². The second kappa shape index (κ2) is 8.90. The Labute approximate surface area is 209 Å². The number of nitrogens with one attached hydrogen (secondary N) is 1. The van der Waals surface area contributed by atoms with Crippen molar-refractivity contribution >= 4 is 29.1 Å². The molecule has 0 spiro atoms. The molecule has 0 saturated heterocycles. The van der Waals surface area contributed by atoms with E-state index in [1.165, 1.54) is 23.5 Å². The van der Waals surface area contributed by atoms with Crippen molar-refractivity contribution in [3.05, 3.63) is 94.1 Å². The Kier molecular flexibility index (Phi) is 5.42. The molecule has 2 aromatic heterocycles. The Morgan fingerprint density at radius 3 is 2.72 bits per heavy atom. The van der Waals surface area contributed by atoms with Crippen LogP contribution in [0.4, 0.5) is 0 Å². The van der Waals surface area contributed by atoms with Crippen molar-refractivity contribution in [2.75, 3.05) is 6.79 Å². The number of carbonyl (C=O) groups excluding carboxylic acids is 3. The highest BCUT2D eigenvalue weighted by atomic mass is 32.1. The van der Waals surface area contributed by atoms with Gasteiger partial charge in [-0.05, 0) is 48.0 Å². The third-order valence-electron chi connectivity index (χ3n) is 5.88. The van der Waals surface area contributed by atoms with Gasteiger partial charge in [-0.15, -0.1) is 11.3 Å². The summed E-state index contributed by atoms with van der Waals surface area (Å²) in [6.07, 6.45) is 1.70. The number of fused-ring (bicyclic) bond motifs is 2. The molecule has 36 heavy (non-hydrogen) atoms. The van der Waals surface area contributed by atoms with Crippen LogP contribution in [0.5, 0.6) is 11.5 Å². The van der Waals surface area contributed by atoms with E-state index in [0.717, 1.165) is 21.2 Å². The Morgan fingerprint density at radius 1 is 1.00 bits per heavy atom. The summed E-state index contributed by atoms with van der Waals surface area (Å²) in [5, 5.41) is 5.45. The van der Waals surface area contributed by atoms with Crippen molar-refractivity contribution in [2.24, 2.45) is 0 Å². The topological polar surface area (TPSA) is 111 Å². The second-order valence-electron chi connectivity index (χ2n) is 8.19. The highest BCUT2D eigenvalue weighted by molar-refractivity contribution is 7.13. The van der Waals surface area contributed by atoms with Crippen molar-refractivity contribution < 1.29 is 23.9 Å². The first-order valence-electron chi connectivity index (χ1n) is 11.1. The van der Waals surface area contributed by atoms with Crippen LogP contribution in [-0.4, -0.2) is 39.4 Å². The molecule has 0 radical (unpaired) electrons. The minimum Gasteiger partial charge on any atom is -0.454 e. The molecular weight excluding hydrogens is 480 g/mol. The van der Waals surface area contributed by atoms with Crippen LogP contribution in [0, 0.1) is 0 Å². The Bertz CT molecular complexity index is 1520. The lowest BCUT2D eigenvalue weighted by molar-refractivity contribution is 0.0642. The number of hydrogen-bond acceptors (Lipinski definition) is 8. The molecule has 9 nitrogen and oxygen atoms in total. The molecule has 6 rings (SSSR count). The minimum atomic E-state index is -0.443. The number of thiazole rings is 1. The molecule has 2 aromatic carbocycles. The van der Waals surface area contributed by atoms with Gasteiger partial charge >= 0.3 is 0 Å². The van der Waals surface area contributed by atoms with E-state index in [1.807, 2.05) is 23.6 Å². The van der Waals surface area contributed by atoms with Crippen molar-refractivity contribution in [1.82, 2.24) is 20.2 Å². The molecule has 0 unspecified atom stereocenters. The van der Waals surface area contributed by atoms with Crippen molar-refractivity contribution in [1.29, 1.82) is 0 Å². The monoisotopic (exact) mass is 498 g/mol. The Hall–Kier alpha value is -4.57. The summed E-state index contributed by atoms with van der Waals surface area (Å²) in [5.41, 5.74) is 2.99. The van der Waals surface area contributed by atoms with Gasteiger partial charge in [0.1, 0.15) is 5.01 Å². The Balaban J connectivity index is 1.14. The third-order valence-corrected chi connectivity index (χ3v) is 6.79. The highest BCUT2D eigenvalue weighted by Gasteiger charge is 2.36. The molecule has 10 heteroatoms. The van der Waals surface area contributed by atoms with Crippen molar-refractivity contribution in [3.8, 4) is 22.2 Å². The first-order chi connectivity index (χ1) is 17.6. The van der Waals surface area contributed by atoms with Crippen LogP contribution in [0.2, 0.25) is 0 Å². The zero-order valence-electron chi connectivity index (χ0n) is 18.8. The maximum Gasteiger partial charge on any atom is 0.261 e. The zero-order chi connectivity index (χ0) is 24.6. The van der Waals surface area contributed by atoms with Gasteiger partial charge in [-0.25, -0.2) is 4.98 Å². The van der Waals surface area contributed by atoms with E-state index in [4.69, 9.17) is 9.47 Å². The fraction of sp³-hybridized carbons (Fsp3) is 0.115. The predicted octanol–water partition coefficient (Wildman–Crippen LogP) is 3.66. The number of hydrogen-bond donors (Lipinski definition) is 1. The summed E-state index contributed by atoms with van der Waals surface area (Å²) >= 11 is 1.45. The van der Waals surface area contributed by atoms with Crippen LogP contribution in [0.3, 0.4) is 0 Å². The van der Waals surface area contributed by atoms with E-state index in [-0.39, 0.29) is 36.9 Å². The molecule has 4 aromatic rings. The van der Waals surface area contributed by atoms with Crippen LogP contribution in [0.15, 0.2) is 66.2 Å². The lowest BCUT2D eigenvalue weighted by Gasteiger charge is -2.14. The first-order valence-corrected chi connectivity index (χ1v) is 12.0. The van der Waals surface area contributed by atoms with Crippen LogP contribution in [0.1, 0.15) is 42.3 Å². The summed E-state index contributed by atoms with van der Waals surface area (Å²) in [7, 11) is 0. The normalized spacial score (nSPS) is 13.7. The summed E-state index contributed by atoms with van der Waals surface area (Å²) in [6, 6.07) is 15.4. The van der Waals surface area contributed by atoms with Gasteiger partial charge in [0.15, 0.2) is 11.5 Å². The Morgan fingerprint density at radius 2 is 1.86 bits per heavy atom. The highest BCUT2D eigenvalue weighted by Crippen LogP contribution is 2.34. The maximum atomic E-state index is 13.0. The number of pyridine rings is 1. The largest absolute Gasteiger partial charge is 0.454 e. The van der Waals surface area contributed by atoms with E-state index in [1.54, 1.807) is 30.5 Å². The fourth-order valence-corrected chi connectivity index (χ4v) is 4.86. The minimum absolute atomic E-state index is 0.0902. The lowest BCUT2D eigenvalue weighted by Crippen LogP contribution is -2.29. The van der Waals surface area contributed by atoms with Crippen LogP contribution in [0.25, 0.3) is 10.7 Å². The van der Waals surface area contributed by atoms with Gasteiger partial charge in [0, 0.05) is 17.1 Å². The van der Waals surface area contributed by atoms with E-state index in [9.17, 15) is 14.4 Å². The average Bonchev–Trinajstić information content (AvgIpc) is 3.63. The van der Waals surface area contributed by atoms with Crippen molar-refractivity contribution in [2.45, 2.75) is 13.1 Å². The number of ether oxygens (including phenoxy) is 2.